The van der Waals surface area contributed by atoms with Crippen molar-refractivity contribution in [1.82, 2.24) is 15.0 Å². The van der Waals surface area contributed by atoms with Crippen LogP contribution in [0, 0.1) is 13.1 Å². The molecule has 45 heavy (non-hydrogen) atoms. The van der Waals surface area contributed by atoms with Crippen LogP contribution in [0.1, 0.15) is 30.2 Å². The number of nitrogens with zero attached hydrogens (tertiary/aromatic N) is 4. The van der Waals surface area contributed by atoms with Gasteiger partial charge in [0.2, 0.25) is 0 Å². The highest BCUT2D eigenvalue weighted by molar-refractivity contribution is 14.1. The molecule has 4 atom stereocenters. The van der Waals surface area contributed by atoms with Gasteiger partial charge >= 0.3 is 0 Å². The minimum absolute atomic E-state index is 0.0175. The Morgan fingerprint density at radius 3 is 2.53 bits per heavy atom. The van der Waals surface area contributed by atoms with E-state index < -0.39 is 13.7 Å². The minimum atomic E-state index is -2.25. The highest BCUT2D eigenvalue weighted by Gasteiger charge is 2.66. The van der Waals surface area contributed by atoms with Crippen LogP contribution in [0.5, 0.6) is 5.75 Å². The number of carbonyl (C=O) groups excluding carboxylic acids is 1. The van der Waals surface area contributed by atoms with Gasteiger partial charge in [-0.25, -0.2) is 0 Å². The molecule has 1 saturated heterocycles. The smallest absolute Gasteiger partial charge is 0.264 e. The number of amides is 1. The van der Waals surface area contributed by atoms with E-state index in [-0.39, 0.29) is 30.1 Å². The predicted octanol–water partition coefficient (Wildman–Crippen LogP) is 5.88. The maximum atomic E-state index is 14.9. The van der Waals surface area contributed by atoms with E-state index in [1.54, 1.807) is 7.11 Å². The van der Waals surface area contributed by atoms with Crippen molar-refractivity contribution in [2.75, 3.05) is 18.6 Å². The Kier molecular flexibility index (Phi) is 9.45. The first-order valence-electron chi connectivity index (χ1n) is 15.3. The van der Waals surface area contributed by atoms with Crippen LogP contribution in [0.4, 0.5) is 5.69 Å². The van der Waals surface area contributed by atoms with Gasteiger partial charge in [0, 0.05) is 44.4 Å². The molecule has 3 heterocycles. The second kappa shape index (κ2) is 13.0. The quantitative estimate of drug-likeness (QED) is 0.159. The number of halogens is 2. The van der Waals surface area contributed by atoms with Gasteiger partial charge in [-0.15, -0.1) is 5.10 Å². The zero-order valence-corrected chi connectivity index (χ0v) is 31.2. The average Bonchev–Trinajstić information content (AvgIpc) is 3.66. The first-order valence-corrected chi connectivity index (χ1v) is 20.5. The molecule has 6 rings (SSSR count). The molecule has 1 N–H and O–H groups in total. The Morgan fingerprint density at radius 1 is 1.07 bits per heavy atom. The van der Waals surface area contributed by atoms with Crippen molar-refractivity contribution in [3.63, 3.8) is 0 Å². The third-order valence-corrected chi connectivity index (χ3v) is 15.3. The third-order valence-electron chi connectivity index (χ3n) is 9.62. The van der Waals surface area contributed by atoms with Gasteiger partial charge in [-0.1, -0.05) is 54.7 Å². The number of hydrogen-bond acceptors (Lipinski definition) is 6. The highest BCUT2D eigenvalue weighted by Crippen LogP contribution is 2.60. The van der Waals surface area contributed by atoms with Crippen LogP contribution in [0.3, 0.4) is 0 Å². The van der Waals surface area contributed by atoms with E-state index in [1.807, 2.05) is 34.0 Å². The maximum absolute atomic E-state index is 14.9. The Hall–Kier alpha value is -2.33. The molecule has 1 amide bonds. The molecule has 11 heteroatoms. The van der Waals surface area contributed by atoms with Crippen LogP contribution < -0.4 is 14.8 Å². The van der Waals surface area contributed by atoms with Crippen LogP contribution in [0.15, 0.2) is 72.9 Å². The lowest BCUT2D eigenvalue weighted by Crippen LogP contribution is -2.51. The normalized spacial score (nSPS) is 22.8. The molecule has 0 unspecified atom stereocenters. The lowest BCUT2D eigenvalue weighted by molar-refractivity contribution is -0.146. The van der Waals surface area contributed by atoms with E-state index >= 15 is 0 Å². The molecule has 236 valence electrons. The molecular formula is C34H38I2N4O4Si. The molecule has 2 aliphatic heterocycles. The van der Waals surface area contributed by atoms with Gasteiger partial charge in [-0.2, -0.15) is 0 Å². The Balaban J connectivity index is 1.42. The first kappa shape index (κ1) is 32.6. The molecule has 0 aliphatic carbocycles. The molecular weight excluding hydrogens is 810 g/mol. The molecule has 4 aromatic rings. The summed E-state index contributed by atoms with van der Waals surface area (Å²) in [5.74, 6) is 0.777. The van der Waals surface area contributed by atoms with Crippen LogP contribution in [0.2, 0.25) is 18.6 Å². The number of methoxy groups -OCH3 is 1. The molecule has 0 radical (unpaired) electrons. The Bertz CT molecular complexity index is 1700. The molecule has 8 nitrogen and oxygen atoms in total. The fraction of sp³-hybridized carbons (Fsp3) is 0.382. The number of hydrogen-bond donors (Lipinski definition) is 1. The van der Waals surface area contributed by atoms with Gasteiger partial charge in [0.15, 0.2) is 5.60 Å². The monoisotopic (exact) mass is 848 g/mol. The zero-order valence-electron chi connectivity index (χ0n) is 25.9. The number of carbonyl (C=O) groups is 1. The molecule has 3 aromatic carbocycles. The van der Waals surface area contributed by atoms with Gasteiger partial charge in [0.1, 0.15) is 5.75 Å². The summed E-state index contributed by atoms with van der Waals surface area (Å²) in [6.07, 6.45) is 2.88. The standard InChI is InChI=1S/C34H38I2N4O4Si/c1-22-32(45(3,4)28-11-9-27(43-2)10-12-28)31(14-16-39-21-26(15-17-41)37-38-39)44-34(22)29-19-25(36)8-13-30(29)40(33(34)42)20-23-6-5-7-24(35)18-23/h5-13,18-19,21-22,31-32,41H,14-17,20H2,1-4H3/t22-,31+,32-,34+/m1/s1. The number of rotatable bonds is 10. The first-order chi connectivity index (χ1) is 21.6. The lowest BCUT2D eigenvalue weighted by atomic mass is 9.82. The Labute approximate surface area is 292 Å². The molecule has 0 saturated carbocycles. The average molecular weight is 849 g/mol. The predicted molar refractivity (Wildman–Crippen MR) is 195 cm³/mol. The van der Waals surface area contributed by atoms with E-state index in [2.05, 4.69) is 124 Å². The minimum Gasteiger partial charge on any atom is -0.497 e. The van der Waals surface area contributed by atoms with Crippen molar-refractivity contribution in [3.05, 3.63) is 96.9 Å². The summed E-state index contributed by atoms with van der Waals surface area (Å²) >= 11 is 4.67. The maximum Gasteiger partial charge on any atom is 0.264 e. The van der Waals surface area contributed by atoms with Crippen molar-refractivity contribution < 1.29 is 19.4 Å². The van der Waals surface area contributed by atoms with Crippen molar-refractivity contribution in [2.24, 2.45) is 5.92 Å². The summed E-state index contributed by atoms with van der Waals surface area (Å²) in [7, 11) is -0.560. The number of ether oxygens (including phenoxy) is 2. The number of aryl methyl sites for hydroxylation is 1. The molecule has 0 bridgehead atoms. The largest absolute Gasteiger partial charge is 0.497 e. The van der Waals surface area contributed by atoms with Crippen LogP contribution in [-0.2, 0) is 34.6 Å². The van der Waals surface area contributed by atoms with Crippen molar-refractivity contribution >= 4 is 70.0 Å². The van der Waals surface area contributed by atoms with Crippen molar-refractivity contribution in [3.8, 4) is 5.75 Å². The fourth-order valence-corrected chi connectivity index (χ4v) is 12.6. The van der Waals surface area contributed by atoms with Gasteiger partial charge < -0.3 is 19.5 Å². The van der Waals surface area contributed by atoms with E-state index in [0.717, 1.165) is 35.4 Å². The number of aromatic nitrogens is 3. The molecule has 2 aliphatic rings. The zero-order chi connectivity index (χ0) is 31.9. The fourth-order valence-electron chi connectivity index (χ4n) is 7.47. The second-order valence-electron chi connectivity index (χ2n) is 12.6. The lowest BCUT2D eigenvalue weighted by Gasteiger charge is -2.37. The van der Waals surface area contributed by atoms with Crippen LogP contribution in [-0.4, -0.2) is 53.9 Å². The molecule has 1 fully saturated rings. The number of aliphatic hydroxyl groups is 1. The number of aliphatic hydroxyl groups excluding tert-OH is 1. The number of anilines is 1. The van der Waals surface area contributed by atoms with E-state index in [9.17, 15) is 9.90 Å². The van der Waals surface area contributed by atoms with Gasteiger partial charge in [0.25, 0.3) is 5.91 Å². The number of benzene rings is 3. The number of fused-ring (bicyclic) bond motifs is 2. The summed E-state index contributed by atoms with van der Waals surface area (Å²) in [6.45, 7) is 8.16. The molecule has 1 aromatic heterocycles. The van der Waals surface area contributed by atoms with E-state index in [4.69, 9.17) is 9.47 Å². The van der Waals surface area contributed by atoms with Crippen LogP contribution >= 0.6 is 45.2 Å². The van der Waals surface area contributed by atoms with Crippen molar-refractivity contribution in [2.45, 2.75) is 63.2 Å². The third kappa shape index (κ3) is 5.98. The second-order valence-corrected chi connectivity index (χ2v) is 19.8. The SMILES string of the molecule is COc1ccc([Si](C)(C)[C@H]2[C@H](CCn3cc(CCO)nn3)O[C@@]3(C(=O)N(Cc4cccc(I)c4)c4ccc(I)cc43)[C@@H]2C)cc1. The van der Waals surface area contributed by atoms with Gasteiger partial charge in [-0.05, 0) is 105 Å². The molecule has 1 spiro atoms. The van der Waals surface area contributed by atoms with Gasteiger partial charge in [-0.3, -0.25) is 9.48 Å². The van der Waals surface area contributed by atoms with Crippen molar-refractivity contribution in [1.29, 1.82) is 0 Å². The summed E-state index contributed by atoms with van der Waals surface area (Å²) < 4.78 is 16.8. The highest BCUT2D eigenvalue weighted by atomic mass is 127. The van der Waals surface area contributed by atoms with E-state index in [1.165, 1.54) is 5.19 Å². The summed E-state index contributed by atoms with van der Waals surface area (Å²) in [4.78, 5) is 16.9. The summed E-state index contributed by atoms with van der Waals surface area (Å²) in [5.41, 5.74) is 2.80. The van der Waals surface area contributed by atoms with Gasteiger partial charge in [0.05, 0.1) is 39.2 Å². The summed E-state index contributed by atoms with van der Waals surface area (Å²) in [5, 5.41) is 19.2. The Morgan fingerprint density at radius 2 is 1.82 bits per heavy atom. The van der Waals surface area contributed by atoms with Crippen LogP contribution in [0.25, 0.3) is 0 Å². The van der Waals surface area contributed by atoms with E-state index in [0.29, 0.717) is 25.9 Å². The topological polar surface area (TPSA) is 89.7 Å². The summed E-state index contributed by atoms with van der Waals surface area (Å²) in [6, 6.07) is 23.1.